The molecule has 1 N–H and O–H groups in total. The summed E-state index contributed by atoms with van der Waals surface area (Å²) in [6.07, 6.45) is -1.24. The van der Waals surface area contributed by atoms with Gasteiger partial charge in [-0.15, -0.1) is 12.4 Å². The Morgan fingerprint density at radius 1 is 1.17 bits per heavy atom. The fourth-order valence-corrected chi connectivity index (χ4v) is 3.49. The summed E-state index contributed by atoms with van der Waals surface area (Å²) in [5.74, 6) is 1.29. The summed E-state index contributed by atoms with van der Waals surface area (Å²) in [6, 6.07) is 7.12. The Hall–Kier alpha value is -2.52. The lowest BCUT2D eigenvalue weighted by atomic mass is 10.1. The van der Waals surface area contributed by atoms with E-state index in [0.29, 0.717) is 17.9 Å². The summed E-state index contributed by atoms with van der Waals surface area (Å²) < 4.78 is 49.6. The lowest BCUT2D eigenvalue weighted by Crippen LogP contribution is -2.38. The van der Waals surface area contributed by atoms with Crippen LogP contribution in [0, 0.1) is 0 Å². The molecule has 10 heteroatoms. The number of aromatic nitrogens is 3. The Kier molecular flexibility index (Phi) is 6.72. The Morgan fingerprint density at radius 3 is 2.60 bits per heavy atom. The highest BCUT2D eigenvalue weighted by Crippen LogP contribution is 2.37. The van der Waals surface area contributed by atoms with E-state index in [-0.39, 0.29) is 24.3 Å². The number of rotatable bonds is 5. The van der Waals surface area contributed by atoms with Crippen LogP contribution >= 0.6 is 12.4 Å². The largest absolute Gasteiger partial charge is 0.493 e. The number of alkyl halides is 3. The molecular weight excluding hydrogens is 421 g/mol. The number of pyridine rings is 1. The maximum absolute atomic E-state index is 12.9. The van der Waals surface area contributed by atoms with Crippen LogP contribution in [-0.2, 0) is 12.7 Å². The van der Waals surface area contributed by atoms with Crippen LogP contribution in [0.3, 0.4) is 0 Å². The van der Waals surface area contributed by atoms with Gasteiger partial charge in [0.25, 0.3) is 0 Å². The summed E-state index contributed by atoms with van der Waals surface area (Å²) in [4.78, 5) is 14.3. The van der Waals surface area contributed by atoms with Crippen molar-refractivity contribution in [3.8, 4) is 11.5 Å². The van der Waals surface area contributed by atoms with E-state index in [4.69, 9.17) is 9.47 Å². The van der Waals surface area contributed by atoms with Gasteiger partial charge in [-0.2, -0.15) is 13.2 Å². The number of piperidine rings is 1. The monoisotopic (exact) mass is 442 g/mol. The lowest BCUT2D eigenvalue weighted by Gasteiger charge is -2.31. The molecule has 2 aromatic heterocycles. The van der Waals surface area contributed by atoms with Gasteiger partial charge in [0.1, 0.15) is 11.9 Å². The second kappa shape index (κ2) is 9.09. The summed E-state index contributed by atoms with van der Waals surface area (Å²) in [7, 11) is 1.34. The van der Waals surface area contributed by atoms with Gasteiger partial charge in [0.05, 0.1) is 24.7 Å². The van der Waals surface area contributed by atoms with Crippen molar-refractivity contribution in [3.05, 3.63) is 47.9 Å². The number of hydrogen-bond acceptors (Lipinski definition) is 5. The number of aromatic amines is 1. The van der Waals surface area contributed by atoms with Gasteiger partial charge in [0, 0.05) is 19.3 Å². The molecule has 0 amide bonds. The van der Waals surface area contributed by atoms with Gasteiger partial charge in [-0.25, -0.2) is 9.97 Å². The van der Waals surface area contributed by atoms with E-state index in [9.17, 15) is 13.2 Å². The van der Waals surface area contributed by atoms with E-state index in [0.717, 1.165) is 49.4 Å². The second-order valence-electron chi connectivity index (χ2n) is 7.01. The molecule has 3 aromatic rings. The zero-order valence-electron chi connectivity index (χ0n) is 16.3. The third-order valence-electron chi connectivity index (χ3n) is 5.00. The zero-order valence-corrected chi connectivity index (χ0v) is 17.1. The first-order chi connectivity index (χ1) is 13.9. The SMILES string of the molecule is COc1cc(C(F)(F)F)ccc1OC1CCN(Cc2nc3ncccc3[nH]2)CC1.Cl. The van der Waals surface area contributed by atoms with Gasteiger partial charge in [-0.3, -0.25) is 4.90 Å². The van der Waals surface area contributed by atoms with E-state index in [1.54, 1.807) is 6.20 Å². The van der Waals surface area contributed by atoms with Crippen LogP contribution in [-0.4, -0.2) is 46.2 Å². The minimum absolute atomic E-state index is 0. The molecule has 0 aliphatic carbocycles. The molecule has 30 heavy (non-hydrogen) atoms. The maximum atomic E-state index is 12.9. The molecule has 0 atom stereocenters. The quantitative estimate of drug-likeness (QED) is 0.632. The number of halogens is 4. The maximum Gasteiger partial charge on any atom is 0.416 e. The van der Waals surface area contributed by atoms with Gasteiger partial charge in [0.2, 0.25) is 0 Å². The Labute approximate surface area is 177 Å². The number of nitrogens with one attached hydrogen (secondary N) is 1. The molecule has 1 aliphatic heterocycles. The lowest BCUT2D eigenvalue weighted by molar-refractivity contribution is -0.137. The smallest absolute Gasteiger partial charge is 0.416 e. The summed E-state index contributed by atoms with van der Waals surface area (Å²) in [6.45, 7) is 2.29. The second-order valence-corrected chi connectivity index (χ2v) is 7.01. The molecule has 1 aromatic carbocycles. The number of ether oxygens (including phenoxy) is 2. The van der Waals surface area contributed by atoms with Crippen LogP contribution in [0.5, 0.6) is 11.5 Å². The molecule has 4 rings (SSSR count). The molecule has 6 nitrogen and oxygen atoms in total. The van der Waals surface area contributed by atoms with Crippen LogP contribution in [0.25, 0.3) is 11.2 Å². The van der Waals surface area contributed by atoms with E-state index >= 15 is 0 Å². The summed E-state index contributed by atoms with van der Waals surface area (Å²) in [5, 5.41) is 0. The average Bonchev–Trinajstić information content (AvgIpc) is 3.11. The van der Waals surface area contributed by atoms with E-state index in [2.05, 4.69) is 19.9 Å². The number of methoxy groups -OCH3 is 1. The van der Waals surface area contributed by atoms with Gasteiger partial charge in [-0.05, 0) is 43.2 Å². The molecule has 162 valence electrons. The summed E-state index contributed by atoms with van der Waals surface area (Å²) in [5.41, 5.74) is 0.863. The van der Waals surface area contributed by atoms with Crippen molar-refractivity contribution < 1.29 is 22.6 Å². The molecule has 1 aliphatic rings. The normalized spacial score (nSPS) is 15.7. The fraction of sp³-hybridized carbons (Fsp3) is 0.400. The van der Waals surface area contributed by atoms with Crippen LogP contribution in [0.2, 0.25) is 0 Å². The molecule has 0 unspecified atom stereocenters. The van der Waals surface area contributed by atoms with Gasteiger partial charge >= 0.3 is 6.18 Å². The van der Waals surface area contributed by atoms with Gasteiger partial charge in [-0.1, -0.05) is 0 Å². The average molecular weight is 443 g/mol. The fourth-order valence-electron chi connectivity index (χ4n) is 3.49. The van der Waals surface area contributed by atoms with Crippen molar-refractivity contribution in [3.63, 3.8) is 0 Å². The Balaban J connectivity index is 0.00000256. The Bertz CT molecular complexity index is 955. The number of fused-ring (bicyclic) bond motifs is 1. The Morgan fingerprint density at radius 2 is 1.93 bits per heavy atom. The van der Waals surface area contributed by atoms with Gasteiger partial charge in [0.15, 0.2) is 17.1 Å². The molecule has 1 saturated heterocycles. The highest BCUT2D eigenvalue weighted by Gasteiger charge is 2.32. The van der Waals surface area contributed by atoms with Crippen molar-refractivity contribution in [2.24, 2.45) is 0 Å². The molecule has 0 saturated carbocycles. The minimum Gasteiger partial charge on any atom is -0.493 e. The number of imidazole rings is 1. The number of H-pyrrole nitrogens is 1. The topological polar surface area (TPSA) is 63.3 Å². The predicted molar refractivity (Wildman–Crippen MR) is 108 cm³/mol. The molecule has 0 radical (unpaired) electrons. The molecule has 1 fully saturated rings. The predicted octanol–water partition coefficient (Wildman–Crippen LogP) is 4.45. The molecule has 3 heterocycles. The number of hydrogen-bond donors (Lipinski definition) is 1. The van der Waals surface area contributed by atoms with Crippen molar-refractivity contribution in [1.29, 1.82) is 0 Å². The molecule has 0 bridgehead atoms. The highest BCUT2D eigenvalue weighted by atomic mass is 35.5. The van der Waals surface area contributed by atoms with Crippen LogP contribution in [0.15, 0.2) is 36.5 Å². The van der Waals surface area contributed by atoms with Crippen molar-refractivity contribution >= 4 is 23.6 Å². The summed E-state index contributed by atoms with van der Waals surface area (Å²) >= 11 is 0. The third-order valence-corrected chi connectivity index (χ3v) is 5.00. The van der Waals surface area contributed by atoms with Crippen LogP contribution in [0.1, 0.15) is 24.2 Å². The highest BCUT2D eigenvalue weighted by molar-refractivity contribution is 5.85. The number of likely N-dealkylation sites (tertiary alicyclic amines) is 1. The zero-order chi connectivity index (χ0) is 20.4. The van der Waals surface area contributed by atoms with Crippen molar-refractivity contribution in [2.75, 3.05) is 20.2 Å². The first-order valence-corrected chi connectivity index (χ1v) is 9.36. The van der Waals surface area contributed by atoms with E-state index in [1.165, 1.54) is 13.2 Å². The van der Waals surface area contributed by atoms with Crippen molar-refractivity contribution in [2.45, 2.75) is 31.7 Å². The minimum atomic E-state index is -4.41. The van der Waals surface area contributed by atoms with E-state index < -0.39 is 11.7 Å². The first-order valence-electron chi connectivity index (χ1n) is 9.36. The van der Waals surface area contributed by atoms with Crippen molar-refractivity contribution in [1.82, 2.24) is 19.9 Å². The third kappa shape index (κ3) is 4.96. The van der Waals surface area contributed by atoms with E-state index in [1.807, 2.05) is 12.1 Å². The standard InChI is InChI=1S/C20H21F3N4O2.ClH/c1-28-17-11-13(20(21,22)23)4-5-16(17)29-14-6-9-27(10-7-14)12-18-25-15-3-2-8-24-19(15)26-18;/h2-5,8,11,14H,6-7,9-10,12H2,1H3,(H,24,25,26);1H. The molecule has 0 spiro atoms. The number of benzene rings is 1. The van der Waals surface area contributed by atoms with Gasteiger partial charge < -0.3 is 14.5 Å². The van der Waals surface area contributed by atoms with Crippen LogP contribution < -0.4 is 9.47 Å². The number of nitrogens with zero attached hydrogens (tertiary/aromatic N) is 3. The van der Waals surface area contributed by atoms with Crippen LogP contribution in [0.4, 0.5) is 13.2 Å². The first kappa shape index (κ1) is 22.2. The molecular formula is C20H22ClF3N4O2.